The number of rotatable bonds is 6. The summed E-state index contributed by atoms with van der Waals surface area (Å²) in [4.78, 5) is 31.0. The van der Waals surface area contributed by atoms with Crippen LogP contribution in [0.2, 0.25) is 0 Å². The van der Waals surface area contributed by atoms with E-state index in [0.29, 0.717) is 5.69 Å². The van der Waals surface area contributed by atoms with Crippen LogP contribution in [0, 0.1) is 5.92 Å². The lowest BCUT2D eigenvalue weighted by molar-refractivity contribution is -0.137. The zero-order chi connectivity index (χ0) is 22.1. The van der Waals surface area contributed by atoms with Gasteiger partial charge in [-0.15, -0.1) is 0 Å². The van der Waals surface area contributed by atoms with Crippen molar-refractivity contribution in [3.05, 3.63) is 76.8 Å². The van der Waals surface area contributed by atoms with Crippen LogP contribution in [0.25, 0.3) is 0 Å². The van der Waals surface area contributed by atoms with Gasteiger partial charge < -0.3 is 10.0 Å². The van der Waals surface area contributed by atoms with Crippen molar-refractivity contribution in [2.45, 2.75) is 39.0 Å². The molecule has 0 saturated heterocycles. The highest BCUT2D eigenvalue weighted by Crippen LogP contribution is 2.39. The lowest BCUT2D eigenvalue weighted by Crippen LogP contribution is -2.31. The van der Waals surface area contributed by atoms with E-state index in [2.05, 4.69) is 4.98 Å². The molecule has 1 aliphatic rings. The molecule has 8 heteroatoms. The highest BCUT2D eigenvalue weighted by atomic mass is 19.4. The van der Waals surface area contributed by atoms with Gasteiger partial charge in [0.1, 0.15) is 6.04 Å². The molecule has 158 valence electrons. The normalized spacial score (nSPS) is 17.2. The Kier molecular flexibility index (Phi) is 5.96. The topological polar surface area (TPSA) is 70.5 Å². The highest BCUT2D eigenvalue weighted by molar-refractivity contribution is 6.08. The lowest BCUT2D eigenvalue weighted by Gasteiger charge is -2.26. The predicted molar refractivity (Wildman–Crippen MR) is 103 cm³/mol. The van der Waals surface area contributed by atoms with E-state index in [9.17, 15) is 27.9 Å². The molecule has 1 atom stereocenters. The summed E-state index contributed by atoms with van der Waals surface area (Å²) in [7, 11) is 0. The number of benzene rings is 1. The van der Waals surface area contributed by atoms with E-state index in [1.807, 2.05) is 13.8 Å². The van der Waals surface area contributed by atoms with Crippen LogP contribution in [0.3, 0.4) is 0 Å². The molecule has 1 aromatic heterocycles. The van der Waals surface area contributed by atoms with Gasteiger partial charge in [-0.05, 0) is 35.7 Å². The zero-order valence-electron chi connectivity index (χ0n) is 16.5. The second kappa shape index (κ2) is 8.30. The fraction of sp³-hybridized carbons (Fsp3) is 0.318. The van der Waals surface area contributed by atoms with Crippen molar-refractivity contribution in [3.8, 4) is 0 Å². The van der Waals surface area contributed by atoms with Crippen molar-refractivity contribution < 1.29 is 27.9 Å². The third-order valence-electron chi connectivity index (χ3n) is 4.77. The number of hydrogen-bond donors (Lipinski definition) is 1. The Labute approximate surface area is 171 Å². The van der Waals surface area contributed by atoms with E-state index in [1.54, 1.807) is 18.2 Å². The maximum absolute atomic E-state index is 13.1. The van der Waals surface area contributed by atoms with Gasteiger partial charge in [-0.25, -0.2) is 0 Å². The molecule has 2 heterocycles. The van der Waals surface area contributed by atoms with Crippen LogP contribution in [0.15, 0.2) is 60.0 Å². The van der Waals surface area contributed by atoms with Gasteiger partial charge in [0.05, 0.1) is 16.8 Å². The maximum Gasteiger partial charge on any atom is 0.416 e. The largest absolute Gasteiger partial charge is 0.503 e. The molecule has 1 amide bonds. The molecule has 0 saturated carbocycles. The summed E-state index contributed by atoms with van der Waals surface area (Å²) in [5, 5.41) is 10.5. The predicted octanol–water partition coefficient (Wildman–Crippen LogP) is 4.61. The van der Waals surface area contributed by atoms with Crippen molar-refractivity contribution in [1.82, 2.24) is 9.88 Å². The summed E-state index contributed by atoms with van der Waals surface area (Å²) in [5.41, 5.74) is -0.327. The number of nitrogens with zero attached hydrogens (tertiary/aromatic N) is 2. The first-order chi connectivity index (χ1) is 14.1. The Morgan fingerprint density at radius 2 is 1.93 bits per heavy atom. The van der Waals surface area contributed by atoms with Gasteiger partial charge in [0.2, 0.25) is 0 Å². The van der Waals surface area contributed by atoms with Crippen molar-refractivity contribution in [3.63, 3.8) is 0 Å². The summed E-state index contributed by atoms with van der Waals surface area (Å²) in [6.07, 6.45) is -2.92. The molecule has 3 rings (SSSR count). The molecule has 0 bridgehead atoms. The number of aliphatic hydroxyl groups is 1. The lowest BCUT2D eigenvalue weighted by atomic mass is 9.94. The first-order valence-electron chi connectivity index (χ1n) is 9.44. The van der Waals surface area contributed by atoms with E-state index < -0.39 is 35.2 Å². The fourth-order valence-electron chi connectivity index (χ4n) is 3.47. The van der Waals surface area contributed by atoms with Gasteiger partial charge in [-0.1, -0.05) is 32.0 Å². The van der Waals surface area contributed by atoms with Crippen LogP contribution in [0.1, 0.15) is 43.1 Å². The van der Waals surface area contributed by atoms with Crippen LogP contribution < -0.4 is 0 Å². The average molecular weight is 418 g/mol. The smallest absolute Gasteiger partial charge is 0.416 e. The van der Waals surface area contributed by atoms with Crippen LogP contribution in [0.5, 0.6) is 0 Å². The Balaban J connectivity index is 2.02. The van der Waals surface area contributed by atoms with Crippen LogP contribution in [-0.2, 0) is 22.3 Å². The molecule has 2 aromatic rings. The quantitative estimate of drug-likeness (QED) is 0.744. The minimum absolute atomic E-state index is 0.00481. The van der Waals surface area contributed by atoms with E-state index in [0.717, 1.165) is 12.1 Å². The number of pyridine rings is 1. The molecular weight excluding hydrogens is 397 g/mol. The second-order valence-corrected chi connectivity index (χ2v) is 7.57. The zero-order valence-corrected chi connectivity index (χ0v) is 16.5. The second-order valence-electron chi connectivity index (χ2n) is 7.57. The van der Waals surface area contributed by atoms with Crippen molar-refractivity contribution >= 4 is 11.7 Å². The van der Waals surface area contributed by atoms with Crippen molar-refractivity contribution in [2.75, 3.05) is 0 Å². The van der Waals surface area contributed by atoms with E-state index in [4.69, 9.17) is 0 Å². The first-order valence-corrected chi connectivity index (χ1v) is 9.44. The van der Waals surface area contributed by atoms with Gasteiger partial charge in [0.15, 0.2) is 11.5 Å². The standard InChI is InChI=1S/C22H21F3N2O3/c1-13(2)10-17(28)18-19(16-8-3-4-9-26-16)27(21(30)20(18)29)12-14-6-5-7-15(11-14)22(23,24)25/h3-9,11,13,19,29H,10,12H2,1-2H3. The number of carbonyl (C=O) groups excluding carboxylic acids is 2. The monoisotopic (exact) mass is 418 g/mol. The molecular formula is C22H21F3N2O3. The minimum Gasteiger partial charge on any atom is -0.503 e. The molecule has 5 nitrogen and oxygen atoms in total. The minimum atomic E-state index is -4.52. The Morgan fingerprint density at radius 3 is 2.53 bits per heavy atom. The number of Topliss-reactive ketones (excluding diaryl/α,β-unsaturated/α-hetero) is 1. The molecule has 1 N–H and O–H groups in total. The number of amides is 1. The molecule has 1 aromatic carbocycles. The summed E-state index contributed by atoms with van der Waals surface area (Å²) in [6.45, 7) is 3.46. The first kappa shape index (κ1) is 21.5. The Bertz CT molecular complexity index is 985. The molecule has 0 aliphatic carbocycles. The van der Waals surface area contributed by atoms with Crippen LogP contribution in [-0.4, -0.2) is 26.7 Å². The van der Waals surface area contributed by atoms with Crippen molar-refractivity contribution in [2.24, 2.45) is 5.92 Å². The number of hydrogen-bond acceptors (Lipinski definition) is 4. The van der Waals surface area contributed by atoms with Crippen LogP contribution >= 0.6 is 0 Å². The summed E-state index contributed by atoms with van der Waals surface area (Å²) in [6, 6.07) is 8.59. The van der Waals surface area contributed by atoms with Gasteiger partial charge in [0, 0.05) is 19.2 Å². The molecule has 0 fully saturated rings. The van der Waals surface area contributed by atoms with Gasteiger partial charge in [-0.3, -0.25) is 14.6 Å². The summed E-state index contributed by atoms with van der Waals surface area (Å²) >= 11 is 0. The Hall–Kier alpha value is -3.16. The number of aliphatic hydroxyl groups excluding tert-OH is 1. The maximum atomic E-state index is 13.1. The van der Waals surface area contributed by atoms with Crippen molar-refractivity contribution in [1.29, 1.82) is 0 Å². The van der Waals surface area contributed by atoms with Crippen LogP contribution in [0.4, 0.5) is 13.2 Å². The average Bonchev–Trinajstić information content (AvgIpc) is 2.93. The SMILES string of the molecule is CC(C)CC(=O)C1=C(O)C(=O)N(Cc2cccc(C(F)(F)F)c2)C1c1ccccn1. The molecule has 1 unspecified atom stereocenters. The number of carbonyl (C=O) groups is 2. The molecule has 0 radical (unpaired) electrons. The van der Waals surface area contributed by atoms with E-state index >= 15 is 0 Å². The highest BCUT2D eigenvalue weighted by Gasteiger charge is 2.44. The Morgan fingerprint density at radius 1 is 1.20 bits per heavy atom. The molecule has 0 spiro atoms. The third kappa shape index (κ3) is 4.37. The van der Waals surface area contributed by atoms with E-state index in [1.165, 1.54) is 23.2 Å². The fourth-order valence-corrected chi connectivity index (χ4v) is 3.47. The third-order valence-corrected chi connectivity index (χ3v) is 4.77. The van der Waals surface area contributed by atoms with Gasteiger partial charge >= 0.3 is 6.18 Å². The summed E-state index contributed by atoms with van der Waals surface area (Å²) in [5.74, 6) is -1.88. The molecule has 30 heavy (non-hydrogen) atoms. The van der Waals surface area contributed by atoms with Gasteiger partial charge in [0.25, 0.3) is 5.91 Å². The number of aromatic nitrogens is 1. The summed E-state index contributed by atoms with van der Waals surface area (Å²) < 4.78 is 39.2. The number of halogens is 3. The molecule has 1 aliphatic heterocycles. The number of ketones is 1. The van der Waals surface area contributed by atoms with Gasteiger partial charge in [-0.2, -0.15) is 13.2 Å². The van der Waals surface area contributed by atoms with E-state index in [-0.39, 0.29) is 30.0 Å². The number of alkyl halides is 3.